The molecular weight excluding hydrogens is 306 g/mol. The number of hydrogen-bond acceptors (Lipinski definition) is 3. The fourth-order valence-electron chi connectivity index (χ4n) is 3.55. The minimum absolute atomic E-state index is 0.00832. The molecule has 23 heavy (non-hydrogen) atoms. The lowest BCUT2D eigenvalue weighted by Gasteiger charge is -2.34. The lowest BCUT2D eigenvalue weighted by molar-refractivity contribution is -0.0518. The highest BCUT2D eigenvalue weighted by Gasteiger charge is 2.38. The number of rotatable bonds is 4. The van der Waals surface area contributed by atoms with Crippen LogP contribution in [0.5, 0.6) is 0 Å². The van der Waals surface area contributed by atoms with Gasteiger partial charge in [0.1, 0.15) is 0 Å². The Balaban J connectivity index is 1.52. The van der Waals surface area contributed by atoms with E-state index >= 15 is 0 Å². The number of aromatic nitrogens is 2. The minimum Gasteiger partial charge on any atom is -0.465 e. The van der Waals surface area contributed by atoms with Gasteiger partial charge in [0.15, 0.2) is 0 Å². The molecule has 1 aliphatic carbocycles. The molecule has 128 valence electrons. The van der Waals surface area contributed by atoms with Crippen LogP contribution in [0.2, 0.25) is 0 Å². The molecule has 1 saturated carbocycles. The van der Waals surface area contributed by atoms with Gasteiger partial charge in [-0.05, 0) is 19.3 Å². The first kappa shape index (κ1) is 16.2. The molecule has 1 aromatic rings. The van der Waals surface area contributed by atoms with Gasteiger partial charge in [-0.15, -0.1) is 0 Å². The average Bonchev–Trinajstić information content (AvgIpc) is 3.14. The number of nitrogens with one attached hydrogen (secondary N) is 1. The summed E-state index contributed by atoms with van der Waals surface area (Å²) < 4.78 is 28.4. The maximum atomic E-state index is 13.3. The Hall–Kier alpha value is -1.70. The van der Waals surface area contributed by atoms with Gasteiger partial charge < -0.3 is 10.4 Å². The first-order chi connectivity index (χ1) is 10.9. The third kappa shape index (κ3) is 3.99. The van der Waals surface area contributed by atoms with E-state index in [2.05, 4.69) is 15.3 Å². The molecule has 1 saturated heterocycles. The van der Waals surface area contributed by atoms with Crippen molar-refractivity contribution in [3.8, 4) is 0 Å². The molecule has 1 aromatic heterocycles. The van der Waals surface area contributed by atoms with Gasteiger partial charge in [0.2, 0.25) is 5.92 Å². The van der Waals surface area contributed by atoms with E-state index in [1.807, 2.05) is 10.9 Å². The molecule has 0 radical (unpaired) electrons. The topological polar surface area (TPSA) is 70.4 Å². The Kier molecular flexibility index (Phi) is 4.52. The van der Waals surface area contributed by atoms with Crippen LogP contribution in [-0.4, -0.2) is 50.9 Å². The van der Waals surface area contributed by atoms with Crippen LogP contribution in [0.15, 0.2) is 12.4 Å². The zero-order valence-electron chi connectivity index (χ0n) is 12.9. The molecule has 1 aliphatic heterocycles. The average molecular weight is 328 g/mol. The van der Waals surface area contributed by atoms with Gasteiger partial charge in [0.05, 0.1) is 12.2 Å². The van der Waals surface area contributed by atoms with Gasteiger partial charge in [-0.1, -0.05) is 0 Å². The highest BCUT2D eigenvalue weighted by molar-refractivity contribution is 5.64. The van der Waals surface area contributed by atoms with Gasteiger partial charge in [-0.2, -0.15) is 5.10 Å². The van der Waals surface area contributed by atoms with Gasteiger partial charge in [0.25, 0.3) is 0 Å². The quantitative estimate of drug-likeness (QED) is 0.891. The summed E-state index contributed by atoms with van der Waals surface area (Å²) in [6.07, 6.45) is 4.52. The van der Waals surface area contributed by atoms with E-state index in [0.717, 1.165) is 25.1 Å². The molecule has 3 rings (SSSR count). The second-order valence-electron chi connectivity index (χ2n) is 6.51. The Labute approximate surface area is 133 Å². The Morgan fingerprint density at radius 1 is 1.35 bits per heavy atom. The SMILES string of the molecule is O=C(O)NCc1cnn(C2CCN(C3CCC(F)(F)CC3)C2)c1. The van der Waals surface area contributed by atoms with Gasteiger partial charge >= 0.3 is 6.09 Å². The number of carbonyl (C=O) groups is 1. The number of carboxylic acid groups (broad SMARTS) is 1. The third-order valence-electron chi connectivity index (χ3n) is 4.87. The molecule has 0 bridgehead atoms. The van der Waals surface area contributed by atoms with E-state index < -0.39 is 12.0 Å². The predicted octanol–water partition coefficient (Wildman–Crippen LogP) is 2.48. The summed E-state index contributed by atoms with van der Waals surface area (Å²) in [6, 6.07) is 0.486. The zero-order valence-corrected chi connectivity index (χ0v) is 12.9. The van der Waals surface area contributed by atoms with Crippen molar-refractivity contribution < 1.29 is 18.7 Å². The smallest absolute Gasteiger partial charge is 0.404 e. The van der Waals surface area contributed by atoms with E-state index in [1.165, 1.54) is 0 Å². The number of hydrogen-bond donors (Lipinski definition) is 2. The highest BCUT2D eigenvalue weighted by atomic mass is 19.3. The molecule has 8 heteroatoms. The third-order valence-corrected chi connectivity index (χ3v) is 4.87. The maximum Gasteiger partial charge on any atom is 0.404 e. The molecule has 1 atom stereocenters. The lowest BCUT2D eigenvalue weighted by Crippen LogP contribution is -2.39. The lowest BCUT2D eigenvalue weighted by atomic mass is 9.91. The maximum absolute atomic E-state index is 13.3. The normalized spacial score (nSPS) is 25.6. The number of nitrogens with zero attached hydrogens (tertiary/aromatic N) is 3. The van der Waals surface area contributed by atoms with Gasteiger partial charge in [-0.3, -0.25) is 9.58 Å². The predicted molar refractivity (Wildman–Crippen MR) is 79.5 cm³/mol. The van der Waals surface area contributed by atoms with Crippen LogP contribution < -0.4 is 5.32 Å². The number of likely N-dealkylation sites (tertiary alicyclic amines) is 1. The molecule has 0 aromatic carbocycles. The molecule has 2 N–H and O–H groups in total. The van der Waals surface area contributed by atoms with Crippen LogP contribution in [0.3, 0.4) is 0 Å². The molecule has 6 nitrogen and oxygen atoms in total. The van der Waals surface area contributed by atoms with Crippen LogP contribution in [0, 0.1) is 0 Å². The highest BCUT2D eigenvalue weighted by Crippen LogP contribution is 2.37. The van der Waals surface area contributed by atoms with E-state index in [4.69, 9.17) is 5.11 Å². The fraction of sp³-hybridized carbons (Fsp3) is 0.733. The minimum atomic E-state index is -2.48. The van der Waals surface area contributed by atoms with Crippen LogP contribution in [0.25, 0.3) is 0 Å². The van der Waals surface area contributed by atoms with Crippen molar-refractivity contribution in [1.29, 1.82) is 0 Å². The van der Waals surface area contributed by atoms with Crippen molar-refractivity contribution in [1.82, 2.24) is 20.0 Å². The summed E-state index contributed by atoms with van der Waals surface area (Å²) in [5, 5.41) is 15.2. The second-order valence-corrected chi connectivity index (χ2v) is 6.51. The van der Waals surface area contributed by atoms with Crippen molar-refractivity contribution in [3.05, 3.63) is 18.0 Å². The summed E-state index contributed by atoms with van der Waals surface area (Å²) in [6.45, 7) is 1.97. The van der Waals surface area contributed by atoms with Crippen molar-refractivity contribution in [3.63, 3.8) is 0 Å². The fourth-order valence-corrected chi connectivity index (χ4v) is 3.55. The molecule has 0 spiro atoms. The summed E-state index contributed by atoms with van der Waals surface area (Å²) >= 11 is 0. The summed E-state index contributed by atoms with van der Waals surface area (Å²) in [7, 11) is 0. The van der Waals surface area contributed by atoms with Crippen molar-refractivity contribution in [2.24, 2.45) is 0 Å². The second kappa shape index (κ2) is 6.43. The van der Waals surface area contributed by atoms with E-state index in [0.29, 0.717) is 12.8 Å². The van der Waals surface area contributed by atoms with E-state index in [-0.39, 0.29) is 31.5 Å². The van der Waals surface area contributed by atoms with Crippen molar-refractivity contribution >= 4 is 6.09 Å². The van der Waals surface area contributed by atoms with E-state index in [9.17, 15) is 13.6 Å². The summed E-state index contributed by atoms with van der Waals surface area (Å²) in [4.78, 5) is 12.8. The standard InChI is InChI=1S/C15H22F2N4O2/c16-15(17)4-1-12(2-5-15)20-6-3-13(10-20)21-9-11(8-19-21)7-18-14(22)23/h8-9,12-13,18H,1-7,10H2,(H,22,23). The van der Waals surface area contributed by atoms with E-state index in [1.54, 1.807) is 6.20 Å². The monoisotopic (exact) mass is 328 g/mol. The van der Waals surface area contributed by atoms with Crippen LogP contribution in [0.1, 0.15) is 43.7 Å². The molecule has 2 aliphatic rings. The van der Waals surface area contributed by atoms with Crippen LogP contribution in [0.4, 0.5) is 13.6 Å². The Morgan fingerprint density at radius 3 is 2.78 bits per heavy atom. The number of alkyl halides is 2. The zero-order chi connectivity index (χ0) is 16.4. The van der Waals surface area contributed by atoms with Crippen LogP contribution in [-0.2, 0) is 6.54 Å². The first-order valence-electron chi connectivity index (χ1n) is 8.05. The van der Waals surface area contributed by atoms with Crippen molar-refractivity contribution in [2.45, 2.75) is 56.7 Å². The first-order valence-corrected chi connectivity index (χ1v) is 8.05. The summed E-state index contributed by atoms with van der Waals surface area (Å²) in [5.41, 5.74) is 0.822. The molecule has 1 amide bonds. The van der Waals surface area contributed by atoms with Gasteiger partial charge in [-0.25, -0.2) is 13.6 Å². The Bertz CT molecular complexity index is 553. The van der Waals surface area contributed by atoms with Crippen LogP contribution >= 0.6 is 0 Å². The summed E-state index contributed by atoms with van der Waals surface area (Å²) in [5.74, 6) is -2.48. The van der Waals surface area contributed by atoms with Crippen molar-refractivity contribution in [2.75, 3.05) is 13.1 Å². The van der Waals surface area contributed by atoms with Gasteiger partial charge in [0, 0.05) is 50.3 Å². The molecule has 2 fully saturated rings. The number of halogens is 2. The molecular formula is C15H22F2N4O2. The molecule has 2 heterocycles. The largest absolute Gasteiger partial charge is 0.465 e. The number of amides is 1. The Morgan fingerprint density at radius 2 is 2.09 bits per heavy atom. The molecule has 1 unspecified atom stereocenters.